The van der Waals surface area contributed by atoms with Crippen LogP contribution in [-0.2, 0) is 4.79 Å². The van der Waals surface area contributed by atoms with E-state index in [-0.39, 0.29) is 11.9 Å². The Kier molecular flexibility index (Phi) is 5.14. The van der Waals surface area contributed by atoms with Crippen molar-refractivity contribution in [2.45, 2.75) is 40.2 Å². The zero-order valence-corrected chi connectivity index (χ0v) is 14.6. The zero-order valence-electron chi connectivity index (χ0n) is 13.1. The summed E-state index contributed by atoms with van der Waals surface area (Å²) in [5.74, 6) is -0.101. The minimum atomic E-state index is -0.101. The molecule has 0 fully saturated rings. The van der Waals surface area contributed by atoms with Crippen LogP contribution >= 0.6 is 23.2 Å². The number of carbonyl (C=O) groups excluding carboxylic acids is 1. The molecule has 0 radical (unpaired) electrons. The fourth-order valence-corrected chi connectivity index (χ4v) is 2.89. The lowest BCUT2D eigenvalue weighted by Crippen LogP contribution is -2.19. The van der Waals surface area contributed by atoms with E-state index in [4.69, 9.17) is 23.2 Å². The monoisotopic (exact) mass is 339 g/mol. The van der Waals surface area contributed by atoms with Crippen molar-refractivity contribution in [2.75, 3.05) is 5.32 Å². The molecule has 22 heavy (non-hydrogen) atoms. The van der Waals surface area contributed by atoms with Crippen molar-refractivity contribution in [1.82, 2.24) is 9.78 Å². The first kappa shape index (κ1) is 16.8. The molecule has 2 rings (SSSR count). The van der Waals surface area contributed by atoms with E-state index < -0.39 is 0 Å². The van der Waals surface area contributed by atoms with Crippen molar-refractivity contribution in [1.29, 1.82) is 0 Å². The van der Waals surface area contributed by atoms with Gasteiger partial charge < -0.3 is 5.32 Å². The first-order valence-corrected chi connectivity index (χ1v) is 7.81. The van der Waals surface area contributed by atoms with Crippen LogP contribution in [0.1, 0.15) is 36.3 Å². The standard InChI is InChI=1S/C16H19Cl2N3O/c1-9(21-12(4)10(2)11(3)20-21)5-16(22)19-15-7-13(17)6-14(18)8-15/h6-9H,5H2,1-4H3,(H,19,22)/t9-/m1/s1. The van der Waals surface area contributed by atoms with Gasteiger partial charge in [0.25, 0.3) is 0 Å². The molecule has 1 N–H and O–H groups in total. The number of carbonyl (C=O) groups is 1. The highest BCUT2D eigenvalue weighted by molar-refractivity contribution is 6.35. The van der Waals surface area contributed by atoms with Gasteiger partial charge in [-0.25, -0.2) is 0 Å². The summed E-state index contributed by atoms with van der Waals surface area (Å²) in [7, 11) is 0. The fraction of sp³-hybridized carbons (Fsp3) is 0.375. The summed E-state index contributed by atoms with van der Waals surface area (Å²) in [5, 5.41) is 8.29. The lowest BCUT2D eigenvalue weighted by molar-refractivity contribution is -0.116. The van der Waals surface area contributed by atoms with Crippen LogP contribution in [0.25, 0.3) is 0 Å². The Morgan fingerprint density at radius 3 is 2.32 bits per heavy atom. The number of halogens is 2. The average Bonchev–Trinajstić information content (AvgIpc) is 2.65. The third-order valence-electron chi connectivity index (χ3n) is 3.73. The Morgan fingerprint density at radius 2 is 1.82 bits per heavy atom. The van der Waals surface area contributed by atoms with E-state index in [1.165, 1.54) is 0 Å². The molecule has 0 aliphatic carbocycles. The number of hydrogen-bond donors (Lipinski definition) is 1. The van der Waals surface area contributed by atoms with Gasteiger partial charge in [-0.05, 0) is 51.5 Å². The largest absolute Gasteiger partial charge is 0.326 e. The summed E-state index contributed by atoms with van der Waals surface area (Å²) in [5.41, 5.74) is 3.84. The molecule has 0 unspecified atom stereocenters. The maximum Gasteiger partial charge on any atom is 0.226 e. The van der Waals surface area contributed by atoms with E-state index >= 15 is 0 Å². The molecule has 0 bridgehead atoms. The second-order valence-electron chi connectivity index (χ2n) is 5.50. The number of anilines is 1. The molecule has 0 aliphatic heterocycles. The number of nitrogens with one attached hydrogen (secondary N) is 1. The van der Waals surface area contributed by atoms with Gasteiger partial charge in [-0.15, -0.1) is 0 Å². The third kappa shape index (κ3) is 3.81. The fourth-order valence-electron chi connectivity index (χ4n) is 2.37. The maximum absolute atomic E-state index is 12.2. The van der Waals surface area contributed by atoms with Gasteiger partial charge >= 0.3 is 0 Å². The quantitative estimate of drug-likeness (QED) is 0.876. The smallest absolute Gasteiger partial charge is 0.226 e. The highest BCUT2D eigenvalue weighted by Gasteiger charge is 2.16. The Morgan fingerprint density at radius 1 is 1.23 bits per heavy atom. The number of benzene rings is 1. The zero-order chi connectivity index (χ0) is 16.4. The van der Waals surface area contributed by atoms with Crippen molar-refractivity contribution in [3.8, 4) is 0 Å². The maximum atomic E-state index is 12.2. The van der Waals surface area contributed by atoms with Gasteiger partial charge in [0.1, 0.15) is 0 Å². The summed E-state index contributed by atoms with van der Waals surface area (Å²) in [4.78, 5) is 12.2. The van der Waals surface area contributed by atoms with Crippen LogP contribution in [0.15, 0.2) is 18.2 Å². The predicted octanol–water partition coefficient (Wildman–Crippen LogP) is 4.70. The van der Waals surface area contributed by atoms with E-state index in [1.54, 1.807) is 18.2 Å². The first-order chi connectivity index (χ1) is 10.3. The van der Waals surface area contributed by atoms with Gasteiger partial charge in [0, 0.05) is 27.8 Å². The van der Waals surface area contributed by atoms with Crippen LogP contribution in [0.2, 0.25) is 10.0 Å². The predicted molar refractivity (Wildman–Crippen MR) is 90.9 cm³/mol. The molecule has 1 aromatic heterocycles. The minimum absolute atomic E-state index is 0.0259. The SMILES string of the molecule is Cc1nn([C@H](C)CC(=O)Nc2cc(Cl)cc(Cl)c2)c(C)c1C. The molecule has 1 atom stereocenters. The van der Waals surface area contributed by atoms with Crippen LogP contribution in [0.5, 0.6) is 0 Å². The number of hydrogen-bond acceptors (Lipinski definition) is 2. The van der Waals surface area contributed by atoms with Crippen LogP contribution in [0.3, 0.4) is 0 Å². The lowest BCUT2D eigenvalue weighted by Gasteiger charge is -2.14. The van der Waals surface area contributed by atoms with Crippen LogP contribution in [0, 0.1) is 20.8 Å². The second-order valence-corrected chi connectivity index (χ2v) is 6.37. The molecule has 2 aromatic rings. The molecular weight excluding hydrogens is 321 g/mol. The molecule has 4 nitrogen and oxygen atoms in total. The Bertz CT molecular complexity index is 689. The molecule has 0 aliphatic rings. The van der Waals surface area contributed by atoms with Crippen LogP contribution in [0.4, 0.5) is 5.69 Å². The Balaban J connectivity index is 2.06. The summed E-state index contributed by atoms with van der Waals surface area (Å²) >= 11 is 11.9. The third-order valence-corrected chi connectivity index (χ3v) is 4.17. The van der Waals surface area contributed by atoms with Crippen LogP contribution < -0.4 is 5.32 Å². The van der Waals surface area contributed by atoms with Crippen LogP contribution in [-0.4, -0.2) is 15.7 Å². The number of nitrogens with zero attached hydrogens (tertiary/aromatic N) is 2. The van der Waals surface area contributed by atoms with E-state index in [0.717, 1.165) is 17.0 Å². The van der Waals surface area contributed by atoms with Crippen molar-refractivity contribution in [3.63, 3.8) is 0 Å². The van der Waals surface area contributed by atoms with Crippen molar-refractivity contribution < 1.29 is 4.79 Å². The summed E-state index contributed by atoms with van der Waals surface area (Å²) in [6, 6.07) is 4.94. The molecule has 118 valence electrons. The Hall–Kier alpha value is -1.52. The van der Waals surface area contributed by atoms with Gasteiger partial charge in [-0.2, -0.15) is 5.10 Å². The summed E-state index contributed by atoms with van der Waals surface area (Å²) < 4.78 is 1.90. The van der Waals surface area contributed by atoms with Gasteiger partial charge in [0.2, 0.25) is 5.91 Å². The molecule has 1 aromatic carbocycles. The van der Waals surface area contributed by atoms with Crippen molar-refractivity contribution in [2.24, 2.45) is 0 Å². The molecule has 1 amide bonds. The Labute approximate surface area is 140 Å². The van der Waals surface area contributed by atoms with E-state index in [1.807, 2.05) is 32.4 Å². The summed E-state index contributed by atoms with van der Waals surface area (Å²) in [6.45, 7) is 8.00. The second kappa shape index (κ2) is 6.71. The van der Waals surface area contributed by atoms with E-state index in [2.05, 4.69) is 10.4 Å². The molecular formula is C16H19Cl2N3O. The lowest BCUT2D eigenvalue weighted by atomic mass is 10.2. The van der Waals surface area contributed by atoms with Gasteiger partial charge in [-0.3, -0.25) is 9.48 Å². The van der Waals surface area contributed by atoms with Gasteiger partial charge in [0.15, 0.2) is 0 Å². The number of rotatable bonds is 4. The normalized spacial score (nSPS) is 12.3. The molecule has 1 heterocycles. The topological polar surface area (TPSA) is 46.9 Å². The average molecular weight is 340 g/mol. The summed E-state index contributed by atoms with van der Waals surface area (Å²) in [6.07, 6.45) is 0.325. The number of amides is 1. The molecule has 0 spiro atoms. The van der Waals surface area contributed by atoms with E-state index in [0.29, 0.717) is 22.2 Å². The van der Waals surface area contributed by atoms with E-state index in [9.17, 15) is 4.79 Å². The first-order valence-electron chi connectivity index (χ1n) is 7.06. The molecule has 0 saturated carbocycles. The van der Waals surface area contributed by atoms with Gasteiger partial charge in [0.05, 0.1) is 11.7 Å². The van der Waals surface area contributed by atoms with Crippen molar-refractivity contribution in [3.05, 3.63) is 45.2 Å². The van der Waals surface area contributed by atoms with Crippen molar-refractivity contribution >= 4 is 34.8 Å². The number of aromatic nitrogens is 2. The molecule has 6 heteroatoms. The minimum Gasteiger partial charge on any atom is -0.326 e. The number of aryl methyl sites for hydroxylation is 1. The highest BCUT2D eigenvalue weighted by Crippen LogP contribution is 2.23. The molecule has 0 saturated heterocycles. The van der Waals surface area contributed by atoms with Gasteiger partial charge in [-0.1, -0.05) is 23.2 Å². The highest BCUT2D eigenvalue weighted by atomic mass is 35.5.